The molecule has 0 spiro atoms. The van der Waals surface area contributed by atoms with Crippen molar-refractivity contribution in [3.05, 3.63) is 6.33 Å². The average molecular weight is 282 g/mol. The van der Waals surface area contributed by atoms with Crippen molar-refractivity contribution >= 4 is 17.7 Å². The Hall–Kier alpha value is -1.08. The molecule has 6 nitrogen and oxygen atoms in total. The summed E-state index contributed by atoms with van der Waals surface area (Å²) >= 11 is 1.52. The Morgan fingerprint density at radius 1 is 1.58 bits per heavy atom. The van der Waals surface area contributed by atoms with Gasteiger partial charge >= 0.3 is 5.97 Å². The first-order chi connectivity index (χ1) is 9.24. The average Bonchev–Trinajstić information content (AvgIpc) is 3.34. The molecule has 7 heteroatoms. The molecule has 3 rings (SSSR count). The van der Waals surface area contributed by atoms with E-state index in [4.69, 9.17) is 4.74 Å². The zero-order chi connectivity index (χ0) is 13.3. The molecule has 0 amide bonds. The molecule has 1 aromatic heterocycles. The Bertz CT molecular complexity index is 445. The fourth-order valence-electron chi connectivity index (χ4n) is 2.36. The lowest BCUT2D eigenvalue weighted by Crippen LogP contribution is -2.57. The predicted molar refractivity (Wildman–Crippen MR) is 70.7 cm³/mol. The number of methoxy groups -OCH3 is 1. The SMILES string of the molecule is COC(=O)C(CSc1ncn[nH]1)(NC1CC1)C1CC1. The van der Waals surface area contributed by atoms with E-state index in [-0.39, 0.29) is 5.97 Å². The van der Waals surface area contributed by atoms with Crippen LogP contribution < -0.4 is 5.32 Å². The molecule has 0 aromatic carbocycles. The third kappa shape index (κ3) is 2.76. The van der Waals surface area contributed by atoms with Gasteiger partial charge in [-0.2, -0.15) is 5.10 Å². The first kappa shape index (κ1) is 12.9. The van der Waals surface area contributed by atoms with E-state index >= 15 is 0 Å². The van der Waals surface area contributed by atoms with Crippen LogP contribution in [-0.4, -0.2) is 45.6 Å². The number of hydrogen-bond acceptors (Lipinski definition) is 6. The van der Waals surface area contributed by atoms with Gasteiger partial charge in [0.15, 0.2) is 5.16 Å². The standard InChI is InChI=1S/C12H18N4O2S/c1-18-10(17)12(8-2-3-8,15-9-4-5-9)6-19-11-13-7-14-16-11/h7-9,15H,2-6H2,1H3,(H,13,14,16). The highest BCUT2D eigenvalue weighted by molar-refractivity contribution is 7.99. The summed E-state index contributed by atoms with van der Waals surface area (Å²) in [5.41, 5.74) is -0.562. The molecule has 2 aliphatic rings. The Balaban J connectivity index is 1.74. The minimum absolute atomic E-state index is 0.145. The molecule has 0 bridgehead atoms. The highest BCUT2D eigenvalue weighted by Crippen LogP contribution is 2.44. The van der Waals surface area contributed by atoms with Gasteiger partial charge in [-0.3, -0.25) is 15.2 Å². The van der Waals surface area contributed by atoms with E-state index in [1.165, 1.54) is 25.2 Å². The van der Waals surface area contributed by atoms with Crippen LogP contribution in [-0.2, 0) is 9.53 Å². The molecule has 2 saturated carbocycles. The quantitative estimate of drug-likeness (QED) is 0.573. The van der Waals surface area contributed by atoms with E-state index in [2.05, 4.69) is 20.5 Å². The fraction of sp³-hybridized carbons (Fsp3) is 0.750. The van der Waals surface area contributed by atoms with Crippen molar-refractivity contribution in [3.8, 4) is 0 Å². The molecule has 0 aliphatic heterocycles. The molecule has 0 radical (unpaired) electrons. The van der Waals surface area contributed by atoms with Gasteiger partial charge in [-0.25, -0.2) is 4.98 Å². The molecular weight excluding hydrogens is 264 g/mol. The Kier molecular flexibility index (Phi) is 3.49. The molecule has 1 aromatic rings. The second-order valence-electron chi connectivity index (χ2n) is 5.24. The maximum absolute atomic E-state index is 12.3. The Morgan fingerprint density at radius 2 is 2.37 bits per heavy atom. The second-order valence-corrected chi connectivity index (χ2v) is 6.20. The zero-order valence-corrected chi connectivity index (χ0v) is 11.7. The first-order valence-corrected chi connectivity index (χ1v) is 7.57. The summed E-state index contributed by atoms with van der Waals surface area (Å²) in [6.07, 6.45) is 5.96. The van der Waals surface area contributed by atoms with Crippen LogP contribution in [0.2, 0.25) is 0 Å². The van der Waals surface area contributed by atoms with Gasteiger partial charge in [0.05, 0.1) is 7.11 Å². The van der Waals surface area contributed by atoms with Crippen LogP contribution in [0.15, 0.2) is 11.5 Å². The van der Waals surface area contributed by atoms with Crippen molar-refractivity contribution in [1.29, 1.82) is 0 Å². The Morgan fingerprint density at radius 3 is 2.89 bits per heavy atom. The van der Waals surface area contributed by atoms with E-state index in [0.717, 1.165) is 30.8 Å². The van der Waals surface area contributed by atoms with E-state index in [1.54, 1.807) is 0 Å². The van der Waals surface area contributed by atoms with E-state index < -0.39 is 5.54 Å². The Labute approximate surface area is 116 Å². The topological polar surface area (TPSA) is 79.9 Å². The lowest BCUT2D eigenvalue weighted by Gasteiger charge is -2.32. The second kappa shape index (κ2) is 5.13. The van der Waals surface area contributed by atoms with Gasteiger partial charge in [0, 0.05) is 11.8 Å². The fourth-order valence-corrected chi connectivity index (χ4v) is 3.40. The molecule has 104 valence electrons. The number of thioether (sulfide) groups is 1. The number of aromatic nitrogens is 3. The highest BCUT2D eigenvalue weighted by Gasteiger charge is 2.53. The number of hydrogen-bond donors (Lipinski definition) is 2. The number of esters is 1. The van der Waals surface area contributed by atoms with Crippen molar-refractivity contribution < 1.29 is 9.53 Å². The zero-order valence-electron chi connectivity index (χ0n) is 10.9. The van der Waals surface area contributed by atoms with Gasteiger partial charge < -0.3 is 4.74 Å². The van der Waals surface area contributed by atoms with Gasteiger partial charge in [0.1, 0.15) is 11.9 Å². The van der Waals surface area contributed by atoms with Crippen molar-refractivity contribution in [3.63, 3.8) is 0 Å². The third-order valence-corrected chi connectivity index (χ3v) is 4.76. The van der Waals surface area contributed by atoms with Crippen LogP contribution in [0, 0.1) is 5.92 Å². The predicted octanol–water partition coefficient (Wildman–Crippen LogP) is 0.971. The summed E-state index contributed by atoms with van der Waals surface area (Å²) < 4.78 is 5.05. The molecule has 0 saturated heterocycles. The number of rotatable bonds is 7. The normalized spacial score (nSPS) is 21.9. The van der Waals surface area contributed by atoms with Gasteiger partial charge in [0.25, 0.3) is 0 Å². The maximum atomic E-state index is 12.3. The number of H-pyrrole nitrogens is 1. The van der Waals surface area contributed by atoms with Crippen LogP contribution >= 0.6 is 11.8 Å². The van der Waals surface area contributed by atoms with E-state index in [1.807, 2.05) is 0 Å². The summed E-state index contributed by atoms with van der Waals surface area (Å²) in [5, 5.41) is 10.9. The van der Waals surface area contributed by atoms with Crippen LogP contribution in [0.4, 0.5) is 0 Å². The van der Waals surface area contributed by atoms with Crippen LogP contribution in [0.3, 0.4) is 0 Å². The van der Waals surface area contributed by atoms with Gasteiger partial charge in [-0.15, -0.1) is 0 Å². The summed E-state index contributed by atoms with van der Waals surface area (Å²) in [4.78, 5) is 16.4. The van der Waals surface area contributed by atoms with Crippen LogP contribution in [0.25, 0.3) is 0 Å². The van der Waals surface area contributed by atoms with Gasteiger partial charge in [-0.05, 0) is 31.6 Å². The molecule has 2 aliphatic carbocycles. The van der Waals surface area contributed by atoms with Gasteiger partial charge in [0.2, 0.25) is 0 Å². The number of carbonyl (C=O) groups is 1. The van der Waals surface area contributed by atoms with Crippen molar-refractivity contribution in [1.82, 2.24) is 20.5 Å². The monoisotopic (exact) mass is 282 g/mol. The largest absolute Gasteiger partial charge is 0.468 e. The summed E-state index contributed by atoms with van der Waals surface area (Å²) in [7, 11) is 1.47. The minimum atomic E-state index is -0.562. The minimum Gasteiger partial charge on any atom is -0.468 e. The lowest BCUT2D eigenvalue weighted by molar-refractivity contribution is -0.148. The van der Waals surface area contributed by atoms with Crippen LogP contribution in [0.1, 0.15) is 25.7 Å². The number of carbonyl (C=O) groups excluding carboxylic acids is 1. The maximum Gasteiger partial charge on any atom is 0.327 e. The molecule has 1 unspecified atom stereocenters. The third-order valence-electron chi connectivity index (χ3n) is 3.69. The van der Waals surface area contributed by atoms with Gasteiger partial charge in [-0.1, -0.05) is 11.8 Å². The molecule has 1 heterocycles. The number of nitrogens with zero attached hydrogens (tertiary/aromatic N) is 2. The number of ether oxygens (including phenoxy) is 1. The summed E-state index contributed by atoms with van der Waals surface area (Å²) in [5.74, 6) is 0.876. The lowest BCUT2D eigenvalue weighted by atomic mass is 9.95. The molecule has 19 heavy (non-hydrogen) atoms. The summed E-state index contributed by atoms with van der Waals surface area (Å²) in [6, 6.07) is 0.468. The summed E-state index contributed by atoms with van der Waals surface area (Å²) in [6.45, 7) is 0. The van der Waals surface area contributed by atoms with Crippen molar-refractivity contribution in [2.24, 2.45) is 5.92 Å². The molecule has 1 atom stereocenters. The molecular formula is C12H18N4O2S. The molecule has 2 N–H and O–H groups in total. The van der Waals surface area contributed by atoms with E-state index in [0.29, 0.717) is 17.7 Å². The first-order valence-electron chi connectivity index (χ1n) is 6.59. The smallest absolute Gasteiger partial charge is 0.327 e. The highest BCUT2D eigenvalue weighted by atomic mass is 32.2. The number of aromatic amines is 1. The van der Waals surface area contributed by atoms with Crippen molar-refractivity contribution in [2.75, 3.05) is 12.9 Å². The number of nitrogens with one attached hydrogen (secondary N) is 2. The van der Waals surface area contributed by atoms with Crippen molar-refractivity contribution in [2.45, 2.75) is 42.4 Å². The van der Waals surface area contributed by atoms with E-state index in [9.17, 15) is 4.79 Å². The van der Waals surface area contributed by atoms with Crippen LogP contribution in [0.5, 0.6) is 0 Å². The molecule has 2 fully saturated rings.